The fourth-order valence-electron chi connectivity index (χ4n) is 4.33. The van der Waals surface area contributed by atoms with Gasteiger partial charge in [0, 0.05) is 27.2 Å². The summed E-state index contributed by atoms with van der Waals surface area (Å²) in [6.45, 7) is 0. The minimum absolute atomic E-state index is 0.470. The molecule has 6 aromatic rings. The summed E-state index contributed by atoms with van der Waals surface area (Å²) in [6.07, 6.45) is 1.71. The van der Waals surface area contributed by atoms with E-state index in [2.05, 4.69) is 47.0 Å². The SMILES string of the molecule is N#Cc1cc(C#N)cc(-n2c3cccc4ccc5c6occc6cc2c5c43)c1. The number of nitriles is 2. The number of fused-ring (bicyclic) bond motifs is 2. The molecule has 0 unspecified atom stereocenters. The number of furan rings is 1. The first-order valence-electron chi connectivity index (χ1n) is 8.89. The molecule has 128 valence electrons. The molecule has 4 nitrogen and oxygen atoms in total. The molecule has 0 amide bonds. The normalized spacial score (nSPS) is 11.5. The van der Waals surface area contributed by atoms with Crippen LogP contribution in [0.3, 0.4) is 0 Å². The topological polar surface area (TPSA) is 65.7 Å². The second-order valence-electron chi connectivity index (χ2n) is 6.93. The minimum Gasteiger partial charge on any atom is -0.464 e. The average molecular weight is 357 g/mol. The lowest BCUT2D eigenvalue weighted by atomic mass is 10.0. The molecular formula is C24H11N3O. The van der Waals surface area contributed by atoms with E-state index in [0.29, 0.717) is 11.1 Å². The predicted molar refractivity (Wildman–Crippen MR) is 109 cm³/mol. The molecule has 2 heterocycles. The number of hydrogen-bond donors (Lipinski definition) is 0. The summed E-state index contributed by atoms with van der Waals surface area (Å²) < 4.78 is 7.91. The Morgan fingerprint density at radius 1 is 0.750 bits per heavy atom. The zero-order valence-electron chi connectivity index (χ0n) is 14.6. The Bertz CT molecular complexity index is 1600. The third-order valence-corrected chi connectivity index (χ3v) is 5.43. The zero-order chi connectivity index (χ0) is 18.8. The monoisotopic (exact) mass is 357 g/mol. The summed E-state index contributed by atoms with van der Waals surface area (Å²) in [5.41, 5.74) is 4.71. The molecule has 0 fully saturated rings. The maximum atomic E-state index is 9.43. The van der Waals surface area contributed by atoms with E-state index >= 15 is 0 Å². The summed E-state index contributed by atoms with van der Waals surface area (Å²) in [4.78, 5) is 0. The highest BCUT2D eigenvalue weighted by atomic mass is 16.3. The predicted octanol–water partition coefficient (Wildman–Crippen LogP) is 5.86. The van der Waals surface area contributed by atoms with Crippen molar-refractivity contribution in [3.63, 3.8) is 0 Å². The van der Waals surface area contributed by atoms with Gasteiger partial charge in [0.25, 0.3) is 0 Å². The molecule has 2 aromatic heterocycles. The van der Waals surface area contributed by atoms with E-state index < -0.39 is 0 Å². The molecule has 4 heteroatoms. The molecule has 6 rings (SSSR count). The average Bonchev–Trinajstić information content (AvgIpc) is 3.34. The van der Waals surface area contributed by atoms with Gasteiger partial charge in [0.05, 0.1) is 40.6 Å². The molecule has 0 atom stereocenters. The Kier molecular flexibility index (Phi) is 2.72. The molecule has 4 aromatic carbocycles. The van der Waals surface area contributed by atoms with Gasteiger partial charge in [0.2, 0.25) is 0 Å². The smallest absolute Gasteiger partial charge is 0.141 e. The summed E-state index contributed by atoms with van der Waals surface area (Å²) in [6, 6.07) is 24.1. The van der Waals surface area contributed by atoms with E-state index in [1.54, 1.807) is 12.3 Å². The molecule has 0 radical (unpaired) electrons. The number of nitrogens with zero attached hydrogens (tertiary/aromatic N) is 3. The second-order valence-corrected chi connectivity index (χ2v) is 6.93. The molecular weight excluding hydrogens is 346 g/mol. The Labute approximate surface area is 159 Å². The van der Waals surface area contributed by atoms with Crippen LogP contribution in [0.1, 0.15) is 11.1 Å². The second kappa shape index (κ2) is 5.13. The fraction of sp³-hybridized carbons (Fsp3) is 0. The highest BCUT2D eigenvalue weighted by Crippen LogP contribution is 2.42. The quantitative estimate of drug-likeness (QED) is 0.346. The van der Waals surface area contributed by atoms with Crippen LogP contribution in [0.25, 0.3) is 49.2 Å². The van der Waals surface area contributed by atoms with Gasteiger partial charge in [-0.25, -0.2) is 0 Å². The zero-order valence-corrected chi connectivity index (χ0v) is 14.6. The molecule has 0 aliphatic rings. The number of benzene rings is 4. The maximum Gasteiger partial charge on any atom is 0.141 e. The maximum absolute atomic E-state index is 9.43. The van der Waals surface area contributed by atoms with Gasteiger partial charge in [-0.1, -0.05) is 18.2 Å². The first kappa shape index (κ1) is 14.8. The molecule has 0 spiro atoms. The van der Waals surface area contributed by atoms with Crippen molar-refractivity contribution in [3.8, 4) is 17.8 Å². The molecule has 0 aliphatic carbocycles. The van der Waals surface area contributed by atoms with Gasteiger partial charge in [-0.15, -0.1) is 0 Å². The molecule has 0 bridgehead atoms. The Balaban J connectivity index is 1.90. The number of hydrogen-bond acceptors (Lipinski definition) is 3. The van der Waals surface area contributed by atoms with Gasteiger partial charge in [0.15, 0.2) is 0 Å². The third-order valence-electron chi connectivity index (χ3n) is 5.43. The minimum atomic E-state index is 0.470. The third kappa shape index (κ3) is 1.76. The van der Waals surface area contributed by atoms with Crippen molar-refractivity contribution in [2.24, 2.45) is 0 Å². The van der Waals surface area contributed by atoms with Crippen LogP contribution in [0.2, 0.25) is 0 Å². The number of rotatable bonds is 1. The Morgan fingerprint density at radius 3 is 2.36 bits per heavy atom. The van der Waals surface area contributed by atoms with Gasteiger partial charge in [0.1, 0.15) is 5.58 Å². The van der Waals surface area contributed by atoms with Crippen LogP contribution in [0, 0.1) is 22.7 Å². The van der Waals surface area contributed by atoms with E-state index in [9.17, 15) is 10.5 Å². The van der Waals surface area contributed by atoms with Crippen molar-refractivity contribution < 1.29 is 4.42 Å². The highest BCUT2D eigenvalue weighted by molar-refractivity contribution is 6.29. The lowest BCUT2D eigenvalue weighted by Crippen LogP contribution is -1.96. The van der Waals surface area contributed by atoms with Gasteiger partial charge >= 0.3 is 0 Å². The van der Waals surface area contributed by atoms with Crippen molar-refractivity contribution in [2.75, 3.05) is 0 Å². The lowest BCUT2D eigenvalue weighted by Gasteiger charge is -2.09. The van der Waals surface area contributed by atoms with Crippen LogP contribution < -0.4 is 0 Å². The van der Waals surface area contributed by atoms with Crippen LogP contribution in [0.4, 0.5) is 0 Å². The van der Waals surface area contributed by atoms with Crippen LogP contribution in [-0.2, 0) is 0 Å². The molecule has 0 N–H and O–H groups in total. The van der Waals surface area contributed by atoms with E-state index in [0.717, 1.165) is 49.2 Å². The fourth-order valence-corrected chi connectivity index (χ4v) is 4.33. The van der Waals surface area contributed by atoms with Crippen molar-refractivity contribution in [1.82, 2.24) is 4.57 Å². The Morgan fingerprint density at radius 2 is 1.57 bits per heavy atom. The standard InChI is InChI=1S/C24H11N3O/c25-12-14-8-15(13-26)10-18(9-14)27-20-3-1-2-16-4-5-19-23(22(16)20)21(27)11-17-6-7-28-24(17)19/h1-11H. The van der Waals surface area contributed by atoms with Crippen molar-refractivity contribution in [1.29, 1.82) is 10.5 Å². The van der Waals surface area contributed by atoms with Gasteiger partial charge in [-0.2, -0.15) is 10.5 Å². The van der Waals surface area contributed by atoms with E-state index in [1.165, 1.54) is 0 Å². The van der Waals surface area contributed by atoms with Gasteiger partial charge < -0.3 is 8.98 Å². The first-order valence-corrected chi connectivity index (χ1v) is 8.89. The number of aromatic nitrogens is 1. The van der Waals surface area contributed by atoms with Crippen LogP contribution in [0.15, 0.2) is 71.3 Å². The van der Waals surface area contributed by atoms with Crippen LogP contribution >= 0.6 is 0 Å². The van der Waals surface area contributed by atoms with Crippen LogP contribution in [0.5, 0.6) is 0 Å². The van der Waals surface area contributed by atoms with Crippen molar-refractivity contribution in [3.05, 3.63) is 78.1 Å². The summed E-state index contributed by atoms with van der Waals surface area (Å²) in [5.74, 6) is 0. The van der Waals surface area contributed by atoms with Gasteiger partial charge in [-0.05, 0) is 47.9 Å². The summed E-state index contributed by atoms with van der Waals surface area (Å²) in [5, 5.41) is 24.4. The summed E-state index contributed by atoms with van der Waals surface area (Å²) in [7, 11) is 0. The van der Waals surface area contributed by atoms with E-state index in [1.807, 2.05) is 24.3 Å². The first-order chi connectivity index (χ1) is 13.8. The largest absolute Gasteiger partial charge is 0.464 e. The molecule has 0 saturated heterocycles. The van der Waals surface area contributed by atoms with Gasteiger partial charge in [-0.3, -0.25) is 0 Å². The molecule has 0 aliphatic heterocycles. The molecule has 28 heavy (non-hydrogen) atoms. The van der Waals surface area contributed by atoms with Crippen LogP contribution in [-0.4, -0.2) is 4.57 Å². The van der Waals surface area contributed by atoms with E-state index in [4.69, 9.17) is 4.42 Å². The van der Waals surface area contributed by atoms with Crippen molar-refractivity contribution >= 4 is 43.5 Å². The lowest BCUT2D eigenvalue weighted by molar-refractivity contribution is 0.619. The Hall–Kier alpha value is -4.28. The summed E-state index contributed by atoms with van der Waals surface area (Å²) >= 11 is 0. The highest BCUT2D eigenvalue weighted by Gasteiger charge is 2.19. The van der Waals surface area contributed by atoms with E-state index in [-0.39, 0.29) is 0 Å². The van der Waals surface area contributed by atoms with Crippen molar-refractivity contribution in [2.45, 2.75) is 0 Å². The molecule has 0 saturated carbocycles.